The molecule has 0 saturated heterocycles. The Labute approximate surface area is 166 Å². The molecule has 0 bridgehead atoms. The highest BCUT2D eigenvalue weighted by molar-refractivity contribution is 7.81. The molecular formula is C21H26O6S. The summed E-state index contributed by atoms with van der Waals surface area (Å²) in [6.07, 6.45) is 3.67. The molecule has 0 saturated carbocycles. The largest absolute Gasteiger partial charge is 0.478 e. The van der Waals surface area contributed by atoms with Gasteiger partial charge in [0.2, 0.25) is 0 Å². The van der Waals surface area contributed by atoms with E-state index in [0.717, 1.165) is 30.0 Å². The fourth-order valence-electron chi connectivity index (χ4n) is 2.20. The maximum atomic E-state index is 11.6. The molecule has 2 aromatic rings. The van der Waals surface area contributed by atoms with E-state index in [0.29, 0.717) is 12.8 Å². The van der Waals surface area contributed by atoms with E-state index in [1.165, 1.54) is 0 Å². The van der Waals surface area contributed by atoms with E-state index < -0.39 is 16.4 Å². The van der Waals surface area contributed by atoms with Crippen molar-refractivity contribution in [2.24, 2.45) is 0 Å². The molecule has 0 spiro atoms. The highest BCUT2D eigenvalue weighted by Crippen LogP contribution is 2.06. The van der Waals surface area contributed by atoms with Gasteiger partial charge in [-0.15, -0.1) is 0 Å². The van der Waals surface area contributed by atoms with Crippen LogP contribution >= 0.6 is 0 Å². The second kappa shape index (κ2) is 13.7. The minimum absolute atomic E-state index is 0.135. The monoisotopic (exact) mass is 406 g/mol. The quantitative estimate of drug-likeness (QED) is 0.451. The fraction of sp³-hybridized carbons (Fsp3) is 0.286. The number of hydrogen-bond acceptors (Lipinski definition) is 5. The van der Waals surface area contributed by atoms with Crippen molar-refractivity contribution in [3.8, 4) is 0 Å². The molecule has 0 aliphatic carbocycles. The molecule has 28 heavy (non-hydrogen) atoms. The Kier molecular flexibility index (Phi) is 11.5. The molecule has 0 heterocycles. The molecule has 0 atom stereocenters. The lowest BCUT2D eigenvalue weighted by Gasteiger charge is -2.06. The summed E-state index contributed by atoms with van der Waals surface area (Å²) in [6.45, 7) is 3.23. The summed E-state index contributed by atoms with van der Waals surface area (Å²) in [6, 6.07) is 19.8. The summed E-state index contributed by atoms with van der Waals surface area (Å²) in [5.41, 5.74) is 2.33. The minimum Gasteiger partial charge on any atom is -0.478 e. The molecule has 0 aromatic heterocycles. The first-order chi connectivity index (χ1) is 13.4. The van der Waals surface area contributed by atoms with Crippen LogP contribution in [0.1, 0.15) is 24.0 Å². The summed E-state index contributed by atoms with van der Waals surface area (Å²) >= 11 is 0. The molecule has 0 amide bonds. The van der Waals surface area contributed by atoms with Crippen LogP contribution in [0.5, 0.6) is 0 Å². The van der Waals surface area contributed by atoms with Gasteiger partial charge in [-0.05, 0) is 36.8 Å². The molecular weight excluding hydrogens is 380 g/mol. The van der Waals surface area contributed by atoms with Gasteiger partial charge in [-0.3, -0.25) is 0 Å². The lowest BCUT2D eigenvalue weighted by atomic mass is 10.1. The lowest BCUT2D eigenvalue weighted by molar-refractivity contribution is -0.131. The van der Waals surface area contributed by atoms with Gasteiger partial charge in [-0.2, -0.15) is 8.42 Å². The van der Waals surface area contributed by atoms with Gasteiger partial charge >= 0.3 is 16.4 Å². The van der Waals surface area contributed by atoms with E-state index in [1.54, 1.807) is 0 Å². The smallest absolute Gasteiger partial charge is 0.399 e. The molecule has 2 rings (SSSR count). The minimum atomic E-state index is -3.89. The zero-order chi connectivity index (χ0) is 20.7. The van der Waals surface area contributed by atoms with Crippen LogP contribution < -0.4 is 0 Å². The molecule has 0 fully saturated rings. The van der Waals surface area contributed by atoms with Gasteiger partial charge in [0.1, 0.15) is 0 Å². The number of hydrogen-bond donors (Lipinski definition) is 1. The molecule has 152 valence electrons. The standard InChI is InChI=1S/C18H22O4S.C3H4O2/c19-23(20,21-15-7-13-17-9-3-1-4-10-17)22-16-8-14-18-11-5-2-6-12-18;1-2-3(4)5/h1-6,9-12H,7-8,13-16H2;2H,1H2,(H,4,5). The first kappa shape index (κ1) is 23.6. The van der Waals surface area contributed by atoms with Gasteiger partial charge in [0.25, 0.3) is 0 Å². The molecule has 0 aliphatic heterocycles. The van der Waals surface area contributed by atoms with Gasteiger partial charge < -0.3 is 5.11 Å². The summed E-state index contributed by atoms with van der Waals surface area (Å²) in [5.74, 6) is -0.981. The van der Waals surface area contributed by atoms with Crippen LogP contribution in [-0.2, 0) is 36.4 Å². The zero-order valence-electron chi connectivity index (χ0n) is 15.7. The van der Waals surface area contributed by atoms with Gasteiger partial charge in [0.05, 0.1) is 13.2 Å². The first-order valence-corrected chi connectivity index (χ1v) is 10.2. The van der Waals surface area contributed by atoms with E-state index in [9.17, 15) is 13.2 Å². The second-order valence-corrected chi connectivity index (χ2v) is 7.06. The van der Waals surface area contributed by atoms with Crippen LogP contribution in [0.2, 0.25) is 0 Å². The van der Waals surface area contributed by atoms with Gasteiger partial charge in [-0.25, -0.2) is 13.2 Å². The van der Waals surface area contributed by atoms with Crippen LogP contribution in [0.25, 0.3) is 0 Å². The Morgan fingerprint density at radius 1 is 0.857 bits per heavy atom. The maximum Gasteiger partial charge on any atom is 0.399 e. The predicted octanol–water partition coefficient (Wildman–Crippen LogP) is 3.79. The number of benzene rings is 2. The van der Waals surface area contributed by atoms with E-state index >= 15 is 0 Å². The topological polar surface area (TPSA) is 89.9 Å². The Hall–Kier alpha value is -2.48. The SMILES string of the molecule is C=CC(=O)O.O=S(=O)(OCCCc1ccccc1)OCCCc1ccccc1. The number of aryl methyl sites for hydroxylation is 2. The van der Waals surface area contributed by atoms with Crippen LogP contribution in [0.15, 0.2) is 73.3 Å². The first-order valence-electron chi connectivity index (χ1n) is 8.90. The molecule has 7 heteroatoms. The number of carboxylic acids is 1. The second-order valence-electron chi connectivity index (χ2n) is 5.77. The number of carboxylic acid groups (broad SMARTS) is 1. The Bertz CT molecular complexity index is 735. The average molecular weight is 407 g/mol. The fourth-order valence-corrected chi connectivity index (χ4v) is 2.91. The Balaban J connectivity index is 0.000000696. The van der Waals surface area contributed by atoms with Crippen LogP contribution in [0.4, 0.5) is 0 Å². The van der Waals surface area contributed by atoms with Gasteiger partial charge in [0, 0.05) is 6.08 Å². The van der Waals surface area contributed by atoms with Crippen molar-refractivity contribution in [2.75, 3.05) is 13.2 Å². The van der Waals surface area contributed by atoms with Gasteiger partial charge in [0.15, 0.2) is 0 Å². The summed E-state index contributed by atoms with van der Waals surface area (Å²) in [5, 5.41) is 7.60. The average Bonchev–Trinajstić information content (AvgIpc) is 2.71. The van der Waals surface area contributed by atoms with Gasteiger partial charge in [-0.1, -0.05) is 67.2 Å². The van der Waals surface area contributed by atoms with E-state index in [2.05, 4.69) is 6.58 Å². The van der Waals surface area contributed by atoms with Crippen LogP contribution in [0.3, 0.4) is 0 Å². The Morgan fingerprint density at radius 3 is 1.54 bits per heavy atom. The summed E-state index contributed by atoms with van der Waals surface area (Å²) in [4.78, 5) is 9.25. The number of rotatable bonds is 11. The van der Waals surface area contributed by atoms with Crippen molar-refractivity contribution < 1.29 is 26.7 Å². The van der Waals surface area contributed by atoms with E-state index in [-0.39, 0.29) is 13.2 Å². The zero-order valence-corrected chi connectivity index (χ0v) is 16.5. The van der Waals surface area contributed by atoms with Crippen LogP contribution in [0, 0.1) is 0 Å². The van der Waals surface area contributed by atoms with Crippen molar-refractivity contribution in [3.05, 3.63) is 84.4 Å². The number of carbonyl (C=O) groups is 1. The third-order valence-electron chi connectivity index (χ3n) is 3.54. The highest BCUT2D eigenvalue weighted by Gasteiger charge is 2.11. The van der Waals surface area contributed by atoms with Crippen molar-refractivity contribution in [1.29, 1.82) is 0 Å². The lowest BCUT2D eigenvalue weighted by Crippen LogP contribution is -2.12. The molecule has 0 radical (unpaired) electrons. The summed E-state index contributed by atoms with van der Waals surface area (Å²) in [7, 11) is -3.89. The highest BCUT2D eigenvalue weighted by atomic mass is 32.3. The molecule has 2 aromatic carbocycles. The molecule has 0 unspecified atom stereocenters. The molecule has 1 N–H and O–H groups in total. The number of aliphatic carboxylic acids is 1. The normalized spacial score (nSPS) is 10.6. The maximum absolute atomic E-state index is 11.6. The van der Waals surface area contributed by atoms with Crippen molar-refractivity contribution in [2.45, 2.75) is 25.7 Å². The van der Waals surface area contributed by atoms with Crippen LogP contribution in [-0.4, -0.2) is 32.7 Å². The van der Waals surface area contributed by atoms with Crippen molar-refractivity contribution in [1.82, 2.24) is 0 Å². The Morgan fingerprint density at radius 2 is 1.21 bits per heavy atom. The molecule has 6 nitrogen and oxygen atoms in total. The van der Waals surface area contributed by atoms with E-state index in [1.807, 2.05) is 60.7 Å². The third kappa shape index (κ3) is 12.0. The summed E-state index contributed by atoms with van der Waals surface area (Å²) < 4.78 is 32.9. The predicted molar refractivity (Wildman–Crippen MR) is 108 cm³/mol. The van der Waals surface area contributed by atoms with Crippen molar-refractivity contribution in [3.63, 3.8) is 0 Å². The molecule has 0 aliphatic rings. The third-order valence-corrected chi connectivity index (χ3v) is 4.45. The van der Waals surface area contributed by atoms with Crippen molar-refractivity contribution >= 4 is 16.4 Å². The van der Waals surface area contributed by atoms with E-state index in [4.69, 9.17) is 13.5 Å².